The van der Waals surface area contributed by atoms with Gasteiger partial charge in [-0.15, -0.1) is 0 Å². The second-order valence-corrected chi connectivity index (χ2v) is 9.92. The minimum Gasteiger partial charge on any atom is -0.489 e. The van der Waals surface area contributed by atoms with E-state index in [2.05, 4.69) is 23.6 Å². The Morgan fingerprint density at radius 3 is 2.62 bits per heavy atom. The summed E-state index contributed by atoms with van der Waals surface area (Å²) < 4.78 is 6.50. The molecule has 1 aromatic carbocycles. The van der Waals surface area contributed by atoms with Gasteiger partial charge in [0.1, 0.15) is 5.75 Å². The second-order valence-electron chi connectivity index (χ2n) is 9.92. The molecule has 1 atom stereocenters. The van der Waals surface area contributed by atoms with Crippen LogP contribution < -0.4 is 20.3 Å². The van der Waals surface area contributed by atoms with E-state index in [0.29, 0.717) is 11.8 Å². The standard InChI is InChI=1S/C26H36N4O2/c1-17-5-8-22-24(30(17)26(31)18-6-7-18)10-9-21(25(22)32-20-3-2-4-20)23(27)13-16-29-19-11-14-28-15-12-19/h9-10,13,16-20,27-29H,2-8,11-12,14-15H2,1H3/b16-13-,27-23?. The Balaban J connectivity index is 1.41. The number of nitrogens with zero attached hydrogens (tertiary/aromatic N) is 1. The molecule has 1 aromatic rings. The number of amides is 1. The number of allylic oxidation sites excluding steroid dienone is 1. The number of carbonyl (C=O) groups excluding carboxylic acids is 1. The highest BCUT2D eigenvalue weighted by atomic mass is 16.5. The van der Waals surface area contributed by atoms with Gasteiger partial charge in [-0.25, -0.2) is 0 Å². The van der Waals surface area contributed by atoms with Crippen LogP contribution in [-0.4, -0.2) is 42.9 Å². The molecule has 0 radical (unpaired) electrons. The fourth-order valence-electron chi connectivity index (χ4n) is 5.02. The third-order valence-electron chi connectivity index (χ3n) is 7.46. The average molecular weight is 437 g/mol. The number of fused-ring (bicyclic) bond motifs is 1. The first-order valence-corrected chi connectivity index (χ1v) is 12.5. The van der Waals surface area contributed by atoms with Crippen LogP contribution in [0, 0.1) is 11.3 Å². The van der Waals surface area contributed by atoms with Gasteiger partial charge in [-0.3, -0.25) is 4.79 Å². The smallest absolute Gasteiger partial charge is 0.230 e. The Hall–Kier alpha value is -2.34. The molecule has 6 heteroatoms. The highest BCUT2D eigenvalue weighted by Gasteiger charge is 2.39. The van der Waals surface area contributed by atoms with Crippen molar-refractivity contribution in [3.63, 3.8) is 0 Å². The van der Waals surface area contributed by atoms with Gasteiger partial charge in [0.2, 0.25) is 5.91 Å². The molecule has 5 rings (SSSR count). The summed E-state index contributed by atoms with van der Waals surface area (Å²) in [6.07, 6.45) is 13.4. The van der Waals surface area contributed by atoms with Gasteiger partial charge < -0.3 is 25.7 Å². The normalized spacial score (nSPS) is 24.2. The predicted octanol–water partition coefficient (Wildman–Crippen LogP) is 3.92. The summed E-state index contributed by atoms with van der Waals surface area (Å²) in [5.74, 6) is 1.30. The van der Waals surface area contributed by atoms with Crippen LogP contribution in [0.1, 0.15) is 69.4 Å². The molecule has 2 heterocycles. The van der Waals surface area contributed by atoms with Crippen molar-refractivity contribution in [2.24, 2.45) is 5.92 Å². The van der Waals surface area contributed by atoms with Gasteiger partial charge >= 0.3 is 0 Å². The molecule has 2 aliphatic heterocycles. The average Bonchev–Trinajstić information content (AvgIpc) is 3.61. The summed E-state index contributed by atoms with van der Waals surface area (Å²) in [5, 5.41) is 15.6. The van der Waals surface area contributed by atoms with E-state index in [4.69, 9.17) is 10.1 Å². The van der Waals surface area contributed by atoms with Crippen molar-refractivity contribution in [1.29, 1.82) is 5.41 Å². The van der Waals surface area contributed by atoms with Crippen LogP contribution in [0.3, 0.4) is 0 Å². The number of piperidine rings is 1. The monoisotopic (exact) mass is 436 g/mol. The Labute approximate surface area is 191 Å². The van der Waals surface area contributed by atoms with Gasteiger partial charge in [-0.2, -0.15) is 0 Å². The molecule has 172 valence electrons. The molecule has 1 unspecified atom stereocenters. The van der Waals surface area contributed by atoms with Crippen molar-refractivity contribution in [2.75, 3.05) is 18.0 Å². The van der Waals surface area contributed by atoms with Gasteiger partial charge in [-0.1, -0.05) is 0 Å². The van der Waals surface area contributed by atoms with Crippen LogP contribution in [0.2, 0.25) is 0 Å². The molecule has 0 spiro atoms. The van der Waals surface area contributed by atoms with E-state index in [1.807, 2.05) is 23.2 Å². The lowest BCUT2D eigenvalue weighted by Gasteiger charge is -2.38. The number of nitrogens with one attached hydrogen (secondary N) is 3. The Morgan fingerprint density at radius 2 is 1.94 bits per heavy atom. The van der Waals surface area contributed by atoms with Crippen molar-refractivity contribution < 1.29 is 9.53 Å². The molecule has 6 nitrogen and oxygen atoms in total. The van der Waals surface area contributed by atoms with Crippen LogP contribution in [0.25, 0.3) is 0 Å². The lowest BCUT2D eigenvalue weighted by atomic mass is 9.91. The highest BCUT2D eigenvalue weighted by molar-refractivity contribution is 6.09. The molecule has 4 aliphatic rings. The van der Waals surface area contributed by atoms with E-state index in [1.165, 1.54) is 6.42 Å². The third kappa shape index (κ3) is 4.42. The number of hydrogen-bond acceptors (Lipinski definition) is 5. The molecule has 2 saturated carbocycles. The zero-order chi connectivity index (χ0) is 22.1. The van der Waals surface area contributed by atoms with Crippen molar-refractivity contribution in [3.8, 4) is 5.75 Å². The summed E-state index contributed by atoms with van der Waals surface area (Å²) in [4.78, 5) is 15.1. The van der Waals surface area contributed by atoms with Crippen LogP contribution in [0.15, 0.2) is 24.4 Å². The maximum absolute atomic E-state index is 13.1. The zero-order valence-electron chi connectivity index (χ0n) is 19.2. The third-order valence-corrected chi connectivity index (χ3v) is 7.46. The van der Waals surface area contributed by atoms with Crippen molar-refractivity contribution in [3.05, 3.63) is 35.5 Å². The summed E-state index contributed by atoms with van der Waals surface area (Å²) >= 11 is 0. The quantitative estimate of drug-likeness (QED) is 0.566. The summed E-state index contributed by atoms with van der Waals surface area (Å²) in [6.45, 7) is 4.24. The van der Waals surface area contributed by atoms with E-state index in [9.17, 15) is 4.79 Å². The topological polar surface area (TPSA) is 77.5 Å². The molecule has 0 bridgehead atoms. The largest absolute Gasteiger partial charge is 0.489 e. The van der Waals surface area contributed by atoms with E-state index < -0.39 is 0 Å². The molecular weight excluding hydrogens is 400 g/mol. The van der Waals surface area contributed by atoms with Gasteiger partial charge in [0.05, 0.1) is 17.5 Å². The van der Waals surface area contributed by atoms with Crippen LogP contribution in [-0.2, 0) is 11.2 Å². The molecule has 3 fully saturated rings. The molecule has 1 saturated heterocycles. The maximum atomic E-state index is 13.1. The predicted molar refractivity (Wildman–Crippen MR) is 128 cm³/mol. The number of ether oxygens (including phenoxy) is 1. The summed E-state index contributed by atoms with van der Waals surface area (Å²) in [7, 11) is 0. The van der Waals surface area contributed by atoms with E-state index in [-0.39, 0.29) is 24.0 Å². The van der Waals surface area contributed by atoms with Gasteiger partial charge in [-0.05, 0) is 102 Å². The lowest BCUT2D eigenvalue weighted by Crippen LogP contribution is -2.43. The van der Waals surface area contributed by atoms with Crippen molar-refractivity contribution in [2.45, 2.75) is 82.9 Å². The minimum atomic E-state index is 0.196. The van der Waals surface area contributed by atoms with Gasteiger partial charge in [0.25, 0.3) is 0 Å². The molecule has 1 amide bonds. The number of carbonyl (C=O) groups is 1. The number of anilines is 1. The molecule has 3 N–H and O–H groups in total. The first-order chi connectivity index (χ1) is 15.6. The number of benzene rings is 1. The fourth-order valence-corrected chi connectivity index (χ4v) is 5.02. The van der Waals surface area contributed by atoms with E-state index in [0.717, 1.165) is 87.0 Å². The molecular formula is C26H36N4O2. The summed E-state index contributed by atoms with van der Waals surface area (Å²) in [5.41, 5.74) is 3.42. The fraction of sp³-hybridized carbons (Fsp3) is 0.615. The first kappa shape index (κ1) is 21.5. The van der Waals surface area contributed by atoms with Crippen molar-refractivity contribution >= 4 is 17.3 Å². The number of hydrogen-bond donors (Lipinski definition) is 3. The highest BCUT2D eigenvalue weighted by Crippen LogP contribution is 2.43. The minimum absolute atomic E-state index is 0.196. The van der Waals surface area contributed by atoms with E-state index in [1.54, 1.807) is 0 Å². The molecule has 2 aliphatic carbocycles. The Morgan fingerprint density at radius 1 is 1.16 bits per heavy atom. The molecule has 32 heavy (non-hydrogen) atoms. The first-order valence-electron chi connectivity index (χ1n) is 12.5. The van der Waals surface area contributed by atoms with Crippen LogP contribution in [0.4, 0.5) is 5.69 Å². The second kappa shape index (κ2) is 9.26. The number of rotatable bonds is 7. The Kier molecular flexibility index (Phi) is 6.22. The zero-order valence-corrected chi connectivity index (χ0v) is 19.2. The summed E-state index contributed by atoms with van der Waals surface area (Å²) in [6, 6.07) is 4.73. The van der Waals surface area contributed by atoms with Crippen LogP contribution >= 0.6 is 0 Å². The van der Waals surface area contributed by atoms with Crippen molar-refractivity contribution in [1.82, 2.24) is 10.6 Å². The molecule has 0 aromatic heterocycles. The van der Waals surface area contributed by atoms with E-state index >= 15 is 0 Å². The lowest BCUT2D eigenvalue weighted by molar-refractivity contribution is -0.120. The Bertz CT molecular complexity index is 897. The van der Waals surface area contributed by atoms with Gasteiger partial charge in [0.15, 0.2) is 0 Å². The van der Waals surface area contributed by atoms with Crippen LogP contribution in [0.5, 0.6) is 5.75 Å². The maximum Gasteiger partial charge on any atom is 0.230 e. The van der Waals surface area contributed by atoms with Gasteiger partial charge in [0, 0.05) is 29.1 Å². The SMILES string of the molecule is CC1CCc2c(ccc(C(=N)/C=C\NC3CCNCC3)c2OC2CCC2)N1C(=O)C1CC1.